The lowest BCUT2D eigenvalue weighted by Crippen LogP contribution is -2.62. The van der Waals surface area contributed by atoms with Crippen LogP contribution in [0.4, 0.5) is 45.5 Å². The molecule has 3 nitrogen and oxygen atoms in total. The molecule has 0 bridgehead atoms. The lowest BCUT2D eigenvalue weighted by Gasteiger charge is -2.51. The number of benzene rings is 8. The molecule has 0 spiro atoms. The fourth-order valence-electron chi connectivity index (χ4n) is 16.9. The molecule has 84 heavy (non-hydrogen) atoms. The van der Waals surface area contributed by atoms with Crippen LogP contribution in [0, 0.1) is 0 Å². The smallest absolute Gasteiger partial charge is 0.252 e. The average Bonchev–Trinajstić information content (AvgIpc) is 1.29. The Morgan fingerprint density at radius 1 is 0.357 bits per heavy atom. The third-order valence-electron chi connectivity index (χ3n) is 22.6. The van der Waals surface area contributed by atoms with Crippen molar-refractivity contribution in [1.82, 2.24) is 0 Å². The summed E-state index contributed by atoms with van der Waals surface area (Å²) in [5, 5.41) is 0. The number of anilines is 8. The maximum atomic E-state index is 2.87. The van der Waals surface area contributed by atoms with Crippen LogP contribution in [0.25, 0.3) is 22.3 Å². The predicted molar refractivity (Wildman–Crippen MR) is 362 cm³/mol. The number of hydrogen-bond donors (Lipinski definition) is 0. The van der Waals surface area contributed by atoms with E-state index in [0.717, 1.165) is 32.1 Å². The van der Waals surface area contributed by atoms with Crippen molar-refractivity contribution >= 4 is 68.6 Å². The molecule has 14 rings (SSSR count). The fourth-order valence-corrected chi connectivity index (χ4v) is 16.9. The molecule has 1 fully saturated rings. The molecule has 428 valence electrons. The first-order chi connectivity index (χ1) is 39.6. The molecule has 0 N–H and O–H groups in total. The number of nitrogens with zero attached hydrogens (tertiary/aromatic N) is 3. The Hall–Kier alpha value is -6.78. The molecular formula is C80H90BN3. The summed E-state index contributed by atoms with van der Waals surface area (Å²) in [5.74, 6) is 0. The molecule has 8 aromatic carbocycles. The molecule has 0 amide bonds. The summed E-state index contributed by atoms with van der Waals surface area (Å²) in [6, 6.07) is 63.3. The predicted octanol–water partition coefficient (Wildman–Crippen LogP) is 20.1. The summed E-state index contributed by atoms with van der Waals surface area (Å²) in [5.41, 5.74) is 29.4. The Bertz CT molecular complexity index is 4000. The van der Waals surface area contributed by atoms with E-state index < -0.39 is 0 Å². The first-order valence-corrected chi connectivity index (χ1v) is 32.1. The first kappa shape index (κ1) is 55.1. The molecule has 0 saturated heterocycles. The fraction of sp³-hybridized carbons (Fsp3) is 0.400. The first-order valence-electron chi connectivity index (χ1n) is 32.1. The van der Waals surface area contributed by atoms with Crippen LogP contribution < -0.4 is 31.1 Å². The van der Waals surface area contributed by atoms with Gasteiger partial charge in [0.25, 0.3) is 6.71 Å². The number of rotatable bonds is 5. The van der Waals surface area contributed by atoms with Crippen molar-refractivity contribution in [1.29, 1.82) is 0 Å². The highest BCUT2D eigenvalue weighted by Crippen LogP contribution is 2.63. The van der Waals surface area contributed by atoms with Crippen LogP contribution in [0.1, 0.15) is 201 Å². The highest BCUT2D eigenvalue weighted by Gasteiger charge is 2.58. The maximum absolute atomic E-state index is 2.87. The monoisotopic (exact) mass is 1100 g/mol. The van der Waals surface area contributed by atoms with Gasteiger partial charge in [0, 0.05) is 50.8 Å². The molecular weight excluding hydrogens is 1010 g/mol. The number of hydrogen-bond acceptors (Lipinski definition) is 3. The minimum atomic E-state index is -0.195. The van der Waals surface area contributed by atoms with Gasteiger partial charge < -0.3 is 14.7 Å². The van der Waals surface area contributed by atoms with Crippen LogP contribution in [0.2, 0.25) is 0 Å². The van der Waals surface area contributed by atoms with Crippen molar-refractivity contribution in [3.8, 4) is 22.3 Å². The van der Waals surface area contributed by atoms with Gasteiger partial charge in [-0.2, -0.15) is 0 Å². The summed E-state index contributed by atoms with van der Waals surface area (Å²) in [4.78, 5) is 8.39. The second-order valence-electron chi connectivity index (χ2n) is 31.8. The molecule has 3 aliphatic heterocycles. The van der Waals surface area contributed by atoms with Gasteiger partial charge in [0.15, 0.2) is 0 Å². The van der Waals surface area contributed by atoms with Crippen LogP contribution >= 0.6 is 0 Å². The van der Waals surface area contributed by atoms with Gasteiger partial charge in [-0.1, -0.05) is 214 Å². The van der Waals surface area contributed by atoms with Gasteiger partial charge in [-0.15, -0.1) is 0 Å². The van der Waals surface area contributed by atoms with E-state index in [0.29, 0.717) is 0 Å². The van der Waals surface area contributed by atoms with Crippen molar-refractivity contribution < 1.29 is 0 Å². The van der Waals surface area contributed by atoms with Crippen LogP contribution in [0.15, 0.2) is 158 Å². The Labute approximate surface area is 505 Å². The second-order valence-corrected chi connectivity index (χ2v) is 31.8. The summed E-state index contributed by atoms with van der Waals surface area (Å²) in [7, 11) is 0. The largest absolute Gasteiger partial charge is 0.334 e. The van der Waals surface area contributed by atoms with Gasteiger partial charge >= 0.3 is 0 Å². The van der Waals surface area contributed by atoms with Crippen molar-refractivity contribution in [3.63, 3.8) is 0 Å². The molecule has 2 atom stereocenters. The maximum Gasteiger partial charge on any atom is 0.252 e. The SMILES string of the molecule is CC(C)(C)c1ccc2c(c1)B1c3cc4c(cc3N(c3ccc5c(c3)C(C)(C)CCC5(C)C)c3cc(N5c6ccc(-c7ccccc7)cc6C6(C)CCCCC56C)cc(c31)N2c1ccc(C(C)(C)C)cc1-c1ccccc1)C(C)(C)CCC4(C)C. The van der Waals surface area contributed by atoms with Crippen molar-refractivity contribution in [2.24, 2.45) is 0 Å². The van der Waals surface area contributed by atoms with E-state index in [1.165, 1.54) is 142 Å². The quantitative estimate of drug-likeness (QED) is 0.159. The van der Waals surface area contributed by atoms with Gasteiger partial charge in [-0.25, -0.2) is 0 Å². The van der Waals surface area contributed by atoms with Gasteiger partial charge in [-0.05, 0) is 211 Å². The van der Waals surface area contributed by atoms with E-state index in [9.17, 15) is 0 Å². The Kier molecular flexibility index (Phi) is 12.1. The lowest BCUT2D eigenvalue weighted by molar-refractivity contribution is 0.195. The standard InChI is InChI=1S/C80H90BN3/c1-73(2,3)54-30-35-66(58(44-54)52-27-21-18-22-28-52)83-68-36-31-55(74(4,5)6)45-64(68)81-65-49-61-62(78(13,14)42-41-77(61,11)12)50-69(65)82(56-32-33-59-60(46-56)76(9,10)40-39-75(59,7)8)70-47-57(48-71(83)72(70)81)84-67-34-29-53(51-25-19-17-20-26-51)43-63(67)79(15)37-23-24-38-80(79,84)16/h17-22,25-36,43-50H,23-24,37-42H2,1-16H3. The summed E-state index contributed by atoms with van der Waals surface area (Å²) >= 11 is 0. The molecule has 3 heterocycles. The highest BCUT2D eigenvalue weighted by atomic mass is 15.3. The minimum absolute atomic E-state index is 0.00628. The van der Waals surface area contributed by atoms with Crippen LogP contribution in [-0.4, -0.2) is 12.3 Å². The molecule has 0 radical (unpaired) electrons. The van der Waals surface area contributed by atoms with Crippen molar-refractivity contribution in [3.05, 3.63) is 197 Å². The normalized spacial score (nSPS) is 22.0. The summed E-state index contributed by atoms with van der Waals surface area (Å²) in [6.45, 7) is 39.5. The zero-order chi connectivity index (χ0) is 59.1. The van der Waals surface area contributed by atoms with Gasteiger partial charge in [0.2, 0.25) is 0 Å². The van der Waals surface area contributed by atoms with E-state index in [2.05, 4.69) is 283 Å². The van der Waals surface area contributed by atoms with E-state index in [-0.39, 0.29) is 50.2 Å². The third-order valence-corrected chi connectivity index (χ3v) is 22.6. The molecule has 6 aliphatic rings. The minimum Gasteiger partial charge on any atom is -0.334 e. The van der Waals surface area contributed by atoms with E-state index in [1.54, 1.807) is 0 Å². The van der Waals surface area contributed by atoms with Crippen LogP contribution in [0.5, 0.6) is 0 Å². The Morgan fingerprint density at radius 2 is 0.881 bits per heavy atom. The average molecular weight is 1100 g/mol. The molecule has 2 unspecified atom stereocenters. The van der Waals surface area contributed by atoms with Gasteiger partial charge in [0.1, 0.15) is 0 Å². The number of fused-ring (bicyclic) bond motifs is 9. The van der Waals surface area contributed by atoms with Gasteiger partial charge in [-0.3, -0.25) is 0 Å². The molecule has 3 aliphatic carbocycles. The molecule has 4 heteroatoms. The van der Waals surface area contributed by atoms with E-state index in [4.69, 9.17) is 0 Å². The second kappa shape index (κ2) is 18.4. The van der Waals surface area contributed by atoms with Crippen LogP contribution in [-0.2, 0) is 37.9 Å². The van der Waals surface area contributed by atoms with Crippen molar-refractivity contribution in [2.75, 3.05) is 14.7 Å². The van der Waals surface area contributed by atoms with Gasteiger partial charge in [0.05, 0.1) is 11.2 Å². The topological polar surface area (TPSA) is 9.72 Å². The zero-order valence-electron chi connectivity index (χ0n) is 53.6. The Morgan fingerprint density at radius 3 is 1.51 bits per heavy atom. The highest BCUT2D eigenvalue weighted by molar-refractivity contribution is 7.00. The summed E-state index contributed by atoms with van der Waals surface area (Å²) in [6.07, 6.45) is 9.36. The zero-order valence-corrected chi connectivity index (χ0v) is 53.6. The lowest BCUT2D eigenvalue weighted by atomic mass is 9.33. The molecule has 8 aromatic rings. The van der Waals surface area contributed by atoms with Crippen LogP contribution in [0.3, 0.4) is 0 Å². The molecule has 1 saturated carbocycles. The van der Waals surface area contributed by atoms with Crippen molar-refractivity contribution in [2.45, 2.75) is 206 Å². The molecule has 0 aromatic heterocycles. The summed E-state index contributed by atoms with van der Waals surface area (Å²) < 4.78 is 0. The van der Waals surface area contributed by atoms with E-state index in [1.807, 2.05) is 0 Å². The third kappa shape index (κ3) is 8.17. The van der Waals surface area contributed by atoms with E-state index >= 15 is 0 Å². The Balaban J connectivity index is 1.15.